The molecule has 0 spiro atoms. The van der Waals surface area contributed by atoms with Gasteiger partial charge in [-0.2, -0.15) is 5.10 Å². The van der Waals surface area contributed by atoms with E-state index in [9.17, 15) is 4.79 Å². The van der Waals surface area contributed by atoms with Crippen LogP contribution in [0.2, 0.25) is 0 Å². The third-order valence-electron chi connectivity index (χ3n) is 5.24. The molecule has 1 aromatic carbocycles. The van der Waals surface area contributed by atoms with Gasteiger partial charge in [-0.15, -0.1) is 0 Å². The Kier molecular flexibility index (Phi) is 5.04. The van der Waals surface area contributed by atoms with Crippen LogP contribution in [0.4, 0.5) is 10.5 Å². The van der Waals surface area contributed by atoms with Crippen LogP contribution < -0.4 is 10.1 Å². The number of aromatic nitrogens is 3. The summed E-state index contributed by atoms with van der Waals surface area (Å²) < 4.78 is 5.97. The minimum Gasteiger partial charge on any atom is -0.490 e. The Balaban J connectivity index is 1.32. The molecule has 138 valence electrons. The van der Waals surface area contributed by atoms with Gasteiger partial charge in [0.05, 0.1) is 6.10 Å². The van der Waals surface area contributed by atoms with Crippen molar-refractivity contribution in [1.82, 2.24) is 20.1 Å². The van der Waals surface area contributed by atoms with E-state index >= 15 is 0 Å². The van der Waals surface area contributed by atoms with Gasteiger partial charge in [0.2, 0.25) is 0 Å². The fourth-order valence-corrected chi connectivity index (χ4v) is 3.81. The molecule has 2 N–H and O–H groups in total. The Morgan fingerprint density at radius 2 is 1.96 bits per heavy atom. The summed E-state index contributed by atoms with van der Waals surface area (Å²) in [6, 6.07) is 7.60. The Labute approximate surface area is 153 Å². The van der Waals surface area contributed by atoms with Gasteiger partial charge in [-0.05, 0) is 62.8 Å². The first-order valence-electron chi connectivity index (χ1n) is 9.46. The third-order valence-corrected chi connectivity index (χ3v) is 5.24. The monoisotopic (exact) mass is 355 g/mol. The standard InChI is InChI=1S/C19H25N5O2/c25-19(24-11-3-4-14(12-24)18-20-13-21-23-18)22-15-7-9-17(10-8-15)26-16-5-1-2-6-16/h7-10,13-14,16H,1-6,11-12H2,(H,22,25)(H,20,21,23). The number of H-pyrrole nitrogens is 1. The number of rotatable bonds is 4. The predicted octanol–water partition coefficient (Wildman–Crippen LogP) is 3.54. The fraction of sp³-hybridized carbons (Fsp3) is 0.526. The molecule has 7 heteroatoms. The molecule has 1 unspecified atom stereocenters. The van der Waals surface area contributed by atoms with Crippen molar-refractivity contribution in [2.75, 3.05) is 18.4 Å². The molecule has 2 aliphatic rings. The first kappa shape index (κ1) is 16.9. The van der Waals surface area contributed by atoms with Crippen LogP contribution >= 0.6 is 0 Å². The second kappa shape index (κ2) is 7.76. The first-order chi connectivity index (χ1) is 12.8. The van der Waals surface area contributed by atoms with Crippen molar-refractivity contribution in [1.29, 1.82) is 0 Å². The zero-order valence-electron chi connectivity index (χ0n) is 14.9. The average Bonchev–Trinajstić information content (AvgIpc) is 3.37. The number of carbonyl (C=O) groups excluding carboxylic acids is 1. The third kappa shape index (κ3) is 3.98. The number of likely N-dealkylation sites (tertiary alicyclic amines) is 1. The summed E-state index contributed by atoms with van der Waals surface area (Å²) in [7, 11) is 0. The molecule has 1 saturated heterocycles. The normalized spacial score (nSPS) is 20.9. The molecule has 2 aromatic rings. The van der Waals surface area contributed by atoms with Crippen LogP contribution in [0.25, 0.3) is 0 Å². The van der Waals surface area contributed by atoms with E-state index in [4.69, 9.17) is 4.74 Å². The lowest BCUT2D eigenvalue weighted by atomic mass is 9.98. The molecule has 1 aliphatic carbocycles. The van der Waals surface area contributed by atoms with E-state index in [0.717, 1.165) is 49.5 Å². The van der Waals surface area contributed by atoms with Crippen LogP contribution in [0.1, 0.15) is 50.3 Å². The van der Waals surface area contributed by atoms with Crippen molar-refractivity contribution in [2.24, 2.45) is 0 Å². The summed E-state index contributed by atoms with van der Waals surface area (Å²) in [5, 5.41) is 9.81. The number of hydrogen-bond acceptors (Lipinski definition) is 4. The summed E-state index contributed by atoms with van der Waals surface area (Å²) in [6.45, 7) is 1.42. The van der Waals surface area contributed by atoms with Crippen molar-refractivity contribution in [3.05, 3.63) is 36.4 Å². The highest BCUT2D eigenvalue weighted by Crippen LogP contribution is 2.26. The molecule has 0 bridgehead atoms. The molecule has 1 atom stereocenters. The maximum absolute atomic E-state index is 12.6. The summed E-state index contributed by atoms with van der Waals surface area (Å²) in [4.78, 5) is 18.7. The van der Waals surface area contributed by atoms with Gasteiger partial charge in [0, 0.05) is 24.7 Å². The molecule has 1 aromatic heterocycles. The summed E-state index contributed by atoms with van der Waals surface area (Å²) in [5.41, 5.74) is 0.788. The molecule has 4 rings (SSSR count). The van der Waals surface area contributed by atoms with E-state index in [1.54, 1.807) is 0 Å². The van der Waals surface area contributed by atoms with Gasteiger partial charge in [0.25, 0.3) is 0 Å². The number of benzene rings is 1. The summed E-state index contributed by atoms with van der Waals surface area (Å²) in [6.07, 6.45) is 8.63. The predicted molar refractivity (Wildman–Crippen MR) is 98.3 cm³/mol. The van der Waals surface area contributed by atoms with Crippen molar-refractivity contribution in [3.8, 4) is 5.75 Å². The number of ether oxygens (including phenoxy) is 1. The number of hydrogen-bond donors (Lipinski definition) is 2. The topological polar surface area (TPSA) is 83.1 Å². The molecule has 2 heterocycles. The van der Waals surface area contributed by atoms with Crippen LogP contribution in [-0.4, -0.2) is 45.3 Å². The number of nitrogens with one attached hydrogen (secondary N) is 2. The highest BCUT2D eigenvalue weighted by atomic mass is 16.5. The van der Waals surface area contributed by atoms with Crippen LogP contribution in [0.15, 0.2) is 30.6 Å². The highest BCUT2D eigenvalue weighted by Gasteiger charge is 2.26. The number of urea groups is 1. The van der Waals surface area contributed by atoms with Gasteiger partial charge in [0.1, 0.15) is 17.9 Å². The van der Waals surface area contributed by atoms with Gasteiger partial charge >= 0.3 is 6.03 Å². The van der Waals surface area contributed by atoms with E-state index in [2.05, 4.69) is 20.5 Å². The lowest BCUT2D eigenvalue weighted by molar-refractivity contribution is 0.191. The van der Waals surface area contributed by atoms with Gasteiger partial charge in [-0.25, -0.2) is 9.78 Å². The molecular formula is C19H25N5O2. The number of piperidine rings is 1. The zero-order valence-corrected chi connectivity index (χ0v) is 14.9. The van der Waals surface area contributed by atoms with E-state index in [0.29, 0.717) is 12.6 Å². The van der Waals surface area contributed by atoms with Crippen molar-refractivity contribution < 1.29 is 9.53 Å². The van der Waals surface area contributed by atoms with Gasteiger partial charge in [-0.3, -0.25) is 5.10 Å². The Bertz CT molecular complexity index is 710. The molecule has 0 radical (unpaired) electrons. The molecule has 1 aliphatic heterocycles. The second-order valence-corrected chi connectivity index (χ2v) is 7.13. The molecule has 26 heavy (non-hydrogen) atoms. The Morgan fingerprint density at radius 1 is 1.15 bits per heavy atom. The number of anilines is 1. The van der Waals surface area contributed by atoms with Crippen molar-refractivity contribution in [2.45, 2.75) is 50.5 Å². The largest absolute Gasteiger partial charge is 0.490 e. The lowest BCUT2D eigenvalue weighted by Crippen LogP contribution is -2.41. The van der Waals surface area contributed by atoms with E-state index in [-0.39, 0.29) is 11.9 Å². The molecule has 7 nitrogen and oxygen atoms in total. The maximum Gasteiger partial charge on any atom is 0.321 e. The number of amides is 2. The van der Waals surface area contributed by atoms with Crippen LogP contribution in [0, 0.1) is 0 Å². The first-order valence-corrected chi connectivity index (χ1v) is 9.46. The van der Waals surface area contributed by atoms with E-state index < -0.39 is 0 Å². The molecular weight excluding hydrogens is 330 g/mol. The zero-order chi connectivity index (χ0) is 17.8. The maximum atomic E-state index is 12.6. The highest BCUT2D eigenvalue weighted by molar-refractivity contribution is 5.89. The SMILES string of the molecule is O=C(Nc1ccc(OC2CCCC2)cc1)N1CCCC(c2ncn[nH]2)C1. The van der Waals surface area contributed by atoms with Gasteiger partial charge < -0.3 is 15.0 Å². The summed E-state index contributed by atoms with van der Waals surface area (Å²) >= 11 is 0. The minimum absolute atomic E-state index is 0.0707. The number of aromatic amines is 1. The van der Waals surface area contributed by atoms with E-state index in [1.807, 2.05) is 29.2 Å². The lowest BCUT2D eigenvalue weighted by Gasteiger charge is -2.31. The summed E-state index contributed by atoms with van der Waals surface area (Å²) in [5.74, 6) is 1.95. The van der Waals surface area contributed by atoms with Gasteiger partial charge in [-0.1, -0.05) is 0 Å². The molecule has 2 amide bonds. The fourth-order valence-electron chi connectivity index (χ4n) is 3.81. The van der Waals surface area contributed by atoms with Gasteiger partial charge in [0.15, 0.2) is 0 Å². The quantitative estimate of drug-likeness (QED) is 0.879. The molecule has 1 saturated carbocycles. The second-order valence-electron chi connectivity index (χ2n) is 7.13. The van der Waals surface area contributed by atoms with Crippen LogP contribution in [0.5, 0.6) is 5.75 Å². The molecule has 2 fully saturated rings. The van der Waals surface area contributed by atoms with Crippen LogP contribution in [0.3, 0.4) is 0 Å². The number of nitrogens with zero attached hydrogens (tertiary/aromatic N) is 3. The average molecular weight is 355 g/mol. The Hall–Kier alpha value is -2.57. The number of carbonyl (C=O) groups is 1. The van der Waals surface area contributed by atoms with Crippen LogP contribution in [-0.2, 0) is 0 Å². The van der Waals surface area contributed by atoms with Crippen molar-refractivity contribution >= 4 is 11.7 Å². The smallest absolute Gasteiger partial charge is 0.321 e. The minimum atomic E-state index is -0.0707. The Morgan fingerprint density at radius 3 is 2.69 bits per heavy atom. The van der Waals surface area contributed by atoms with Crippen molar-refractivity contribution in [3.63, 3.8) is 0 Å². The van der Waals surface area contributed by atoms with E-state index in [1.165, 1.54) is 19.2 Å².